The molecular weight excluding hydrogens is 182 g/mol. The Balaban J connectivity index is 2.45. The molecule has 1 aliphatic heterocycles. The van der Waals surface area contributed by atoms with Gasteiger partial charge in [-0.05, 0) is 12.3 Å². The maximum atomic E-state index is 10.6. The number of aliphatic carboxylic acids is 1. The van der Waals surface area contributed by atoms with Crippen molar-refractivity contribution in [3.8, 4) is 0 Å². The van der Waals surface area contributed by atoms with E-state index in [4.69, 9.17) is 9.84 Å². The molecule has 1 heterocycles. The summed E-state index contributed by atoms with van der Waals surface area (Å²) >= 11 is 0. The standard InChI is InChI=1S/C10H19NO3/c1-8(2)5-9-7-14-4-3-11(9)6-10(12)13/h8-9H,3-7H2,1-2H3,(H,12,13). The molecule has 1 rings (SSSR count). The van der Waals surface area contributed by atoms with Crippen molar-refractivity contribution in [3.05, 3.63) is 0 Å². The Kier molecular flexibility index (Phi) is 4.35. The van der Waals surface area contributed by atoms with Crippen molar-refractivity contribution in [2.24, 2.45) is 5.92 Å². The minimum absolute atomic E-state index is 0.140. The molecule has 1 saturated heterocycles. The molecule has 14 heavy (non-hydrogen) atoms. The highest BCUT2D eigenvalue weighted by molar-refractivity contribution is 5.69. The second-order valence-corrected chi connectivity index (χ2v) is 4.22. The molecule has 1 unspecified atom stereocenters. The van der Waals surface area contributed by atoms with E-state index in [1.807, 2.05) is 4.90 Å². The van der Waals surface area contributed by atoms with E-state index in [9.17, 15) is 4.79 Å². The largest absolute Gasteiger partial charge is 0.480 e. The first-order valence-electron chi connectivity index (χ1n) is 5.13. The van der Waals surface area contributed by atoms with E-state index in [1.165, 1.54) is 0 Å². The van der Waals surface area contributed by atoms with Gasteiger partial charge in [0, 0.05) is 12.6 Å². The first kappa shape index (κ1) is 11.5. The van der Waals surface area contributed by atoms with Gasteiger partial charge in [-0.2, -0.15) is 0 Å². The third-order valence-corrected chi connectivity index (χ3v) is 2.43. The van der Waals surface area contributed by atoms with Gasteiger partial charge in [0.2, 0.25) is 0 Å². The molecule has 82 valence electrons. The Morgan fingerprint density at radius 1 is 1.64 bits per heavy atom. The molecular formula is C10H19NO3. The van der Waals surface area contributed by atoms with E-state index in [2.05, 4.69) is 13.8 Å². The molecule has 0 saturated carbocycles. The molecule has 0 aromatic heterocycles. The van der Waals surface area contributed by atoms with E-state index in [1.54, 1.807) is 0 Å². The summed E-state index contributed by atoms with van der Waals surface area (Å²) < 4.78 is 5.36. The lowest BCUT2D eigenvalue weighted by molar-refractivity contribution is -0.140. The summed E-state index contributed by atoms with van der Waals surface area (Å²) in [5.74, 6) is -0.168. The van der Waals surface area contributed by atoms with Gasteiger partial charge < -0.3 is 9.84 Å². The van der Waals surface area contributed by atoms with Crippen LogP contribution in [0.15, 0.2) is 0 Å². The molecule has 4 nitrogen and oxygen atoms in total. The number of hydrogen-bond acceptors (Lipinski definition) is 3. The lowest BCUT2D eigenvalue weighted by atomic mass is 10.0. The zero-order chi connectivity index (χ0) is 10.6. The Labute approximate surface area is 84.8 Å². The Morgan fingerprint density at radius 2 is 2.36 bits per heavy atom. The summed E-state index contributed by atoms with van der Waals surface area (Å²) in [5, 5.41) is 8.74. The summed E-state index contributed by atoms with van der Waals surface area (Å²) in [6, 6.07) is 0.278. The quantitative estimate of drug-likeness (QED) is 0.731. The Bertz CT molecular complexity index is 194. The summed E-state index contributed by atoms with van der Waals surface area (Å²) in [4.78, 5) is 12.6. The lowest BCUT2D eigenvalue weighted by Crippen LogP contribution is -2.48. The Hall–Kier alpha value is -0.610. The van der Waals surface area contributed by atoms with Crippen LogP contribution in [0.1, 0.15) is 20.3 Å². The number of carboxylic acid groups (broad SMARTS) is 1. The first-order valence-corrected chi connectivity index (χ1v) is 5.13. The van der Waals surface area contributed by atoms with E-state index >= 15 is 0 Å². The molecule has 1 atom stereocenters. The van der Waals surface area contributed by atoms with E-state index < -0.39 is 5.97 Å². The van der Waals surface area contributed by atoms with Crippen LogP contribution in [0.2, 0.25) is 0 Å². The molecule has 0 bridgehead atoms. The minimum atomic E-state index is -0.749. The molecule has 4 heteroatoms. The van der Waals surface area contributed by atoms with Gasteiger partial charge in [0.1, 0.15) is 0 Å². The van der Waals surface area contributed by atoms with Crippen molar-refractivity contribution in [2.45, 2.75) is 26.3 Å². The van der Waals surface area contributed by atoms with Crippen molar-refractivity contribution in [3.63, 3.8) is 0 Å². The highest BCUT2D eigenvalue weighted by Crippen LogP contribution is 2.14. The number of hydrogen-bond donors (Lipinski definition) is 1. The maximum absolute atomic E-state index is 10.6. The third kappa shape index (κ3) is 3.64. The van der Waals surface area contributed by atoms with Gasteiger partial charge in [-0.25, -0.2) is 0 Å². The zero-order valence-electron chi connectivity index (χ0n) is 8.90. The SMILES string of the molecule is CC(C)CC1COCCN1CC(=O)O. The van der Waals surface area contributed by atoms with Crippen LogP contribution in [0, 0.1) is 5.92 Å². The van der Waals surface area contributed by atoms with Crippen molar-refractivity contribution < 1.29 is 14.6 Å². The fourth-order valence-corrected chi connectivity index (χ4v) is 1.83. The van der Waals surface area contributed by atoms with E-state index in [0.29, 0.717) is 19.1 Å². The van der Waals surface area contributed by atoms with Gasteiger partial charge in [0.15, 0.2) is 0 Å². The summed E-state index contributed by atoms with van der Waals surface area (Å²) in [6.45, 7) is 6.50. The summed E-state index contributed by atoms with van der Waals surface area (Å²) in [5.41, 5.74) is 0. The highest BCUT2D eigenvalue weighted by atomic mass is 16.5. The molecule has 0 aliphatic carbocycles. The van der Waals surface area contributed by atoms with Crippen LogP contribution in [-0.4, -0.2) is 48.3 Å². The van der Waals surface area contributed by atoms with Crippen LogP contribution in [0.4, 0.5) is 0 Å². The van der Waals surface area contributed by atoms with Crippen molar-refractivity contribution in [1.82, 2.24) is 4.90 Å². The smallest absolute Gasteiger partial charge is 0.317 e. The predicted octanol–water partition coefficient (Wildman–Crippen LogP) is 0.818. The molecule has 1 N–H and O–H groups in total. The fraction of sp³-hybridized carbons (Fsp3) is 0.900. The fourth-order valence-electron chi connectivity index (χ4n) is 1.83. The summed E-state index contributed by atoms with van der Waals surface area (Å²) in [6.07, 6.45) is 1.01. The van der Waals surface area contributed by atoms with Gasteiger partial charge >= 0.3 is 5.97 Å². The molecule has 0 aromatic carbocycles. The number of carbonyl (C=O) groups is 1. The number of ether oxygens (including phenoxy) is 1. The molecule has 0 aromatic rings. The zero-order valence-corrected chi connectivity index (χ0v) is 8.90. The van der Waals surface area contributed by atoms with Crippen LogP contribution in [-0.2, 0) is 9.53 Å². The monoisotopic (exact) mass is 201 g/mol. The van der Waals surface area contributed by atoms with Crippen LogP contribution >= 0.6 is 0 Å². The first-order chi connectivity index (χ1) is 6.59. The van der Waals surface area contributed by atoms with Gasteiger partial charge in [-0.15, -0.1) is 0 Å². The van der Waals surface area contributed by atoms with Crippen molar-refractivity contribution in [1.29, 1.82) is 0 Å². The van der Waals surface area contributed by atoms with Crippen LogP contribution < -0.4 is 0 Å². The van der Waals surface area contributed by atoms with Crippen molar-refractivity contribution >= 4 is 5.97 Å². The normalized spacial score (nSPS) is 24.1. The minimum Gasteiger partial charge on any atom is -0.480 e. The van der Waals surface area contributed by atoms with Crippen LogP contribution in [0.25, 0.3) is 0 Å². The number of rotatable bonds is 4. The van der Waals surface area contributed by atoms with E-state index in [-0.39, 0.29) is 12.6 Å². The third-order valence-electron chi connectivity index (χ3n) is 2.43. The predicted molar refractivity (Wildman–Crippen MR) is 53.3 cm³/mol. The van der Waals surface area contributed by atoms with E-state index in [0.717, 1.165) is 13.0 Å². The lowest BCUT2D eigenvalue weighted by Gasteiger charge is -2.35. The molecule has 0 spiro atoms. The average molecular weight is 201 g/mol. The second-order valence-electron chi connectivity index (χ2n) is 4.22. The molecule has 1 aliphatic rings. The number of nitrogens with zero attached hydrogens (tertiary/aromatic N) is 1. The van der Waals surface area contributed by atoms with Gasteiger partial charge in [0.25, 0.3) is 0 Å². The average Bonchev–Trinajstić information content (AvgIpc) is 2.06. The topological polar surface area (TPSA) is 49.8 Å². The van der Waals surface area contributed by atoms with Gasteiger partial charge in [-0.1, -0.05) is 13.8 Å². The number of morpholine rings is 1. The Morgan fingerprint density at radius 3 is 2.93 bits per heavy atom. The van der Waals surface area contributed by atoms with Crippen LogP contribution in [0.5, 0.6) is 0 Å². The molecule has 1 fully saturated rings. The molecule has 0 amide bonds. The summed E-state index contributed by atoms with van der Waals surface area (Å²) in [7, 11) is 0. The second kappa shape index (κ2) is 5.32. The van der Waals surface area contributed by atoms with Crippen LogP contribution in [0.3, 0.4) is 0 Å². The molecule has 0 radical (unpaired) electrons. The van der Waals surface area contributed by atoms with Gasteiger partial charge in [0.05, 0.1) is 19.8 Å². The number of carboxylic acids is 1. The van der Waals surface area contributed by atoms with Crippen molar-refractivity contribution in [2.75, 3.05) is 26.3 Å². The maximum Gasteiger partial charge on any atom is 0.317 e. The highest BCUT2D eigenvalue weighted by Gasteiger charge is 2.25. The van der Waals surface area contributed by atoms with Gasteiger partial charge in [-0.3, -0.25) is 9.69 Å².